The van der Waals surface area contributed by atoms with Crippen LogP contribution in [0.25, 0.3) is 0 Å². The van der Waals surface area contributed by atoms with E-state index in [-0.39, 0.29) is 30.0 Å². The molecule has 1 aliphatic rings. The van der Waals surface area contributed by atoms with Crippen molar-refractivity contribution in [3.63, 3.8) is 0 Å². The molecule has 6 nitrogen and oxygen atoms in total. The number of carbonyl (C=O) groups excluding carboxylic acids is 1. The number of nitrogens with zero attached hydrogens (tertiary/aromatic N) is 2. The Balaban J connectivity index is 2.16. The molecule has 0 saturated heterocycles. The number of aliphatic hydroxyl groups is 1. The molecule has 0 radical (unpaired) electrons. The van der Waals surface area contributed by atoms with Crippen LogP contribution in [0.2, 0.25) is 0 Å². The molecule has 2 rings (SSSR count). The highest BCUT2D eigenvalue weighted by Crippen LogP contribution is 2.42. The molecule has 1 aromatic heterocycles. The zero-order valence-corrected chi connectivity index (χ0v) is 13.3. The summed E-state index contributed by atoms with van der Waals surface area (Å²) < 4.78 is 5.55. The molecule has 1 aliphatic carbocycles. The van der Waals surface area contributed by atoms with Crippen LogP contribution in [0.4, 0.5) is 5.82 Å². The molecule has 2 N–H and O–H groups in total. The number of hydrogen-bond donors (Lipinski definition) is 2. The molecule has 7 heteroatoms. The predicted octanol–water partition coefficient (Wildman–Crippen LogP) is 1.99. The zero-order chi connectivity index (χ0) is 14.9. The van der Waals surface area contributed by atoms with Gasteiger partial charge < -0.3 is 15.2 Å². The number of aliphatic hydroxyl groups excluding tert-OH is 1. The molecule has 1 aromatic rings. The van der Waals surface area contributed by atoms with Gasteiger partial charge in [-0.3, -0.25) is 0 Å². The van der Waals surface area contributed by atoms with Crippen LogP contribution in [0, 0.1) is 5.41 Å². The maximum Gasteiger partial charge on any atom is 0.376 e. The molecule has 0 aliphatic heterocycles. The Bertz CT molecular complexity index is 522. The molecule has 2 unspecified atom stereocenters. The van der Waals surface area contributed by atoms with Crippen molar-refractivity contribution >= 4 is 27.7 Å². The quantitative estimate of drug-likeness (QED) is 0.813. The van der Waals surface area contributed by atoms with Crippen molar-refractivity contribution in [1.29, 1.82) is 0 Å². The van der Waals surface area contributed by atoms with Crippen molar-refractivity contribution in [3.8, 4) is 0 Å². The summed E-state index contributed by atoms with van der Waals surface area (Å²) in [6.07, 6.45) is 1.84. The molecule has 1 heterocycles. The first-order valence-electron chi connectivity index (χ1n) is 6.50. The van der Waals surface area contributed by atoms with Crippen molar-refractivity contribution in [3.05, 3.63) is 16.5 Å². The van der Waals surface area contributed by atoms with Gasteiger partial charge in [-0.25, -0.2) is 14.8 Å². The minimum absolute atomic E-state index is 0.0234. The molecular formula is C13H18BrN3O3. The monoisotopic (exact) mass is 343 g/mol. The SMILES string of the molecule is CCOC(=O)c1ncc(Br)c(NC2CC(O)C2(C)C)n1. The highest BCUT2D eigenvalue weighted by Gasteiger charge is 2.47. The summed E-state index contributed by atoms with van der Waals surface area (Å²) in [6.45, 7) is 5.98. The van der Waals surface area contributed by atoms with Gasteiger partial charge in [0.1, 0.15) is 5.82 Å². The fourth-order valence-electron chi connectivity index (χ4n) is 2.07. The van der Waals surface area contributed by atoms with Crippen LogP contribution in [0.3, 0.4) is 0 Å². The van der Waals surface area contributed by atoms with Crippen LogP contribution in [-0.2, 0) is 4.74 Å². The van der Waals surface area contributed by atoms with Crippen LogP contribution in [0.5, 0.6) is 0 Å². The number of esters is 1. The molecule has 2 atom stereocenters. The van der Waals surface area contributed by atoms with E-state index in [1.165, 1.54) is 6.20 Å². The number of rotatable bonds is 4. The van der Waals surface area contributed by atoms with Gasteiger partial charge in [0.25, 0.3) is 0 Å². The van der Waals surface area contributed by atoms with E-state index in [1.807, 2.05) is 13.8 Å². The van der Waals surface area contributed by atoms with E-state index in [4.69, 9.17) is 4.74 Å². The highest BCUT2D eigenvalue weighted by molar-refractivity contribution is 9.10. The molecular weight excluding hydrogens is 326 g/mol. The minimum Gasteiger partial charge on any atom is -0.460 e. The molecule has 0 spiro atoms. The lowest BCUT2D eigenvalue weighted by atomic mass is 9.64. The Morgan fingerprint density at radius 2 is 2.35 bits per heavy atom. The first-order chi connectivity index (χ1) is 9.36. The fraction of sp³-hybridized carbons (Fsp3) is 0.615. The Labute approximate surface area is 126 Å². The molecule has 1 fully saturated rings. The van der Waals surface area contributed by atoms with Gasteiger partial charge in [0, 0.05) is 17.7 Å². The van der Waals surface area contributed by atoms with Crippen LogP contribution in [-0.4, -0.2) is 39.8 Å². The van der Waals surface area contributed by atoms with Gasteiger partial charge in [-0.15, -0.1) is 0 Å². The summed E-state index contributed by atoms with van der Waals surface area (Å²) in [5.74, 6) is 0.0132. The summed E-state index contributed by atoms with van der Waals surface area (Å²) >= 11 is 3.35. The van der Waals surface area contributed by atoms with E-state index in [9.17, 15) is 9.90 Å². The number of carbonyl (C=O) groups is 1. The third-order valence-electron chi connectivity index (χ3n) is 3.73. The second kappa shape index (κ2) is 5.65. The first-order valence-corrected chi connectivity index (χ1v) is 7.29. The molecule has 110 valence electrons. The predicted molar refractivity (Wildman–Crippen MR) is 77.5 cm³/mol. The summed E-state index contributed by atoms with van der Waals surface area (Å²) in [5.41, 5.74) is -0.228. The number of aromatic nitrogens is 2. The van der Waals surface area contributed by atoms with Crippen molar-refractivity contribution in [2.45, 2.75) is 39.3 Å². The van der Waals surface area contributed by atoms with Gasteiger partial charge in [-0.05, 0) is 29.3 Å². The third kappa shape index (κ3) is 2.78. The standard InChI is InChI=1S/C13H18BrN3O3/c1-4-20-12(19)11-15-6-7(14)10(17-11)16-8-5-9(18)13(8,2)3/h6,8-9,18H,4-5H2,1-3H3,(H,15,16,17). The number of halogens is 1. The Kier molecular flexibility index (Phi) is 4.29. The molecule has 0 aromatic carbocycles. The lowest BCUT2D eigenvalue weighted by Crippen LogP contribution is -2.57. The number of hydrogen-bond acceptors (Lipinski definition) is 6. The summed E-state index contributed by atoms with van der Waals surface area (Å²) in [5, 5.41) is 13.0. The Hall–Kier alpha value is -1.21. The summed E-state index contributed by atoms with van der Waals surface area (Å²) in [4.78, 5) is 19.7. The Morgan fingerprint density at radius 1 is 1.65 bits per heavy atom. The smallest absolute Gasteiger partial charge is 0.376 e. The van der Waals surface area contributed by atoms with E-state index >= 15 is 0 Å². The summed E-state index contributed by atoms with van der Waals surface area (Å²) in [6, 6.07) is 0.0961. The maximum absolute atomic E-state index is 11.6. The van der Waals surface area contributed by atoms with Gasteiger partial charge in [-0.1, -0.05) is 13.8 Å². The molecule has 1 saturated carbocycles. The van der Waals surface area contributed by atoms with Gasteiger partial charge in [0.05, 0.1) is 17.2 Å². The number of nitrogens with one attached hydrogen (secondary N) is 1. The van der Waals surface area contributed by atoms with Gasteiger partial charge in [-0.2, -0.15) is 0 Å². The van der Waals surface area contributed by atoms with Crippen LogP contribution in [0.15, 0.2) is 10.7 Å². The maximum atomic E-state index is 11.6. The fourth-order valence-corrected chi connectivity index (χ4v) is 2.38. The topological polar surface area (TPSA) is 84.3 Å². The van der Waals surface area contributed by atoms with E-state index < -0.39 is 5.97 Å². The lowest BCUT2D eigenvalue weighted by molar-refractivity contribution is -0.0512. The second-order valence-electron chi connectivity index (χ2n) is 5.38. The van der Waals surface area contributed by atoms with Crippen molar-refractivity contribution < 1.29 is 14.6 Å². The zero-order valence-electron chi connectivity index (χ0n) is 11.7. The van der Waals surface area contributed by atoms with Crippen LogP contribution in [0.1, 0.15) is 37.8 Å². The van der Waals surface area contributed by atoms with Crippen LogP contribution >= 0.6 is 15.9 Å². The van der Waals surface area contributed by atoms with Gasteiger partial charge >= 0.3 is 5.97 Å². The van der Waals surface area contributed by atoms with Crippen molar-refractivity contribution in [2.75, 3.05) is 11.9 Å². The Morgan fingerprint density at radius 3 is 2.90 bits per heavy atom. The lowest BCUT2D eigenvalue weighted by Gasteiger charge is -2.49. The van der Waals surface area contributed by atoms with Crippen molar-refractivity contribution in [1.82, 2.24) is 9.97 Å². The third-order valence-corrected chi connectivity index (χ3v) is 4.31. The van der Waals surface area contributed by atoms with E-state index in [0.29, 0.717) is 16.7 Å². The van der Waals surface area contributed by atoms with Crippen LogP contribution < -0.4 is 5.32 Å². The van der Waals surface area contributed by atoms with E-state index in [2.05, 4.69) is 31.2 Å². The molecule has 0 bridgehead atoms. The van der Waals surface area contributed by atoms with E-state index in [1.54, 1.807) is 6.92 Å². The second-order valence-corrected chi connectivity index (χ2v) is 6.23. The molecule has 0 amide bonds. The average molecular weight is 344 g/mol. The van der Waals surface area contributed by atoms with Gasteiger partial charge in [0.2, 0.25) is 5.82 Å². The number of anilines is 1. The minimum atomic E-state index is -0.545. The summed E-state index contributed by atoms with van der Waals surface area (Å²) in [7, 11) is 0. The number of ether oxygens (including phenoxy) is 1. The van der Waals surface area contributed by atoms with Crippen molar-refractivity contribution in [2.24, 2.45) is 5.41 Å². The molecule has 20 heavy (non-hydrogen) atoms. The van der Waals surface area contributed by atoms with E-state index in [0.717, 1.165) is 0 Å². The van der Waals surface area contributed by atoms with Gasteiger partial charge in [0.15, 0.2) is 0 Å². The highest BCUT2D eigenvalue weighted by atomic mass is 79.9. The first kappa shape index (κ1) is 15.2. The average Bonchev–Trinajstić information content (AvgIpc) is 2.40. The normalized spacial score (nSPS) is 23.9. The largest absolute Gasteiger partial charge is 0.460 e.